The highest BCUT2D eigenvalue weighted by molar-refractivity contribution is 5.90. The lowest BCUT2D eigenvalue weighted by atomic mass is 10.1. The first-order valence-electron chi connectivity index (χ1n) is 10.6. The number of ether oxygens (including phenoxy) is 1. The van der Waals surface area contributed by atoms with E-state index in [0.717, 1.165) is 49.2 Å². The van der Waals surface area contributed by atoms with E-state index in [1.807, 2.05) is 55.9 Å². The molecule has 1 aromatic carbocycles. The van der Waals surface area contributed by atoms with E-state index in [-0.39, 0.29) is 30.0 Å². The second-order valence-corrected chi connectivity index (χ2v) is 8.62. The van der Waals surface area contributed by atoms with Crippen molar-refractivity contribution >= 4 is 23.3 Å². The van der Waals surface area contributed by atoms with E-state index in [0.29, 0.717) is 13.1 Å². The molecule has 2 aliphatic rings. The zero-order valence-corrected chi connectivity index (χ0v) is 18.0. The van der Waals surface area contributed by atoms with Crippen molar-refractivity contribution in [3.63, 3.8) is 0 Å². The fourth-order valence-corrected chi connectivity index (χ4v) is 3.72. The summed E-state index contributed by atoms with van der Waals surface area (Å²) in [6, 6.07) is 5.69. The average Bonchev–Trinajstić information content (AvgIpc) is 3.37. The summed E-state index contributed by atoms with van der Waals surface area (Å²) in [6.07, 6.45) is 4.16. The molecule has 3 rings (SSSR count). The van der Waals surface area contributed by atoms with Gasteiger partial charge in [-0.15, -0.1) is 0 Å². The highest BCUT2D eigenvalue weighted by Crippen LogP contribution is 2.33. The number of carbonyl (C=O) groups excluding carboxylic acids is 2. The Hall–Kier alpha value is -2.28. The number of anilines is 2. The van der Waals surface area contributed by atoms with Gasteiger partial charge in [0.25, 0.3) is 0 Å². The number of hydrogen-bond acceptors (Lipinski definition) is 4. The number of benzene rings is 1. The van der Waals surface area contributed by atoms with Gasteiger partial charge in [-0.2, -0.15) is 0 Å². The van der Waals surface area contributed by atoms with Crippen molar-refractivity contribution in [3.8, 4) is 0 Å². The molecule has 1 atom stereocenters. The van der Waals surface area contributed by atoms with Crippen LogP contribution in [0.25, 0.3) is 0 Å². The Balaban J connectivity index is 1.79. The first kappa shape index (κ1) is 21.4. The van der Waals surface area contributed by atoms with Crippen LogP contribution < -0.4 is 15.5 Å². The van der Waals surface area contributed by atoms with E-state index in [2.05, 4.69) is 10.6 Å². The van der Waals surface area contributed by atoms with Crippen LogP contribution in [0.1, 0.15) is 45.1 Å². The van der Waals surface area contributed by atoms with Crippen molar-refractivity contribution in [1.29, 1.82) is 0 Å². The van der Waals surface area contributed by atoms with E-state index >= 15 is 0 Å². The Morgan fingerprint density at radius 1 is 1.21 bits per heavy atom. The number of carbonyl (C=O) groups is 2. The van der Waals surface area contributed by atoms with E-state index in [1.165, 1.54) is 0 Å². The van der Waals surface area contributed by atoms with Gasteiger partial charge in [0, 0.05) is 57.1 Å². The van der Waals surface area contributed by atoms with Crippen LogP contribution in [-0.2, 0) is 16.1 Å². The van der Waals surface area contributed by atoms with Crippen LogP contribution in [0.3, 0.4) is 0 Å². The zero-order valence-electron chi connectivity index (χ0n) is 18.0. The van der Waals surface area contributed by atoms with Crippen LogP contribution in [0.5, 0.6) is 0 Å². The van der Waals surface area contributed by atoms with Gasteiger partial charge in [-0.25, -0.2) is 4.79 Å². The standard InChI is InChI=1S/C22H34N4O3/c1-15(2)23-22(28)24-18-9-10-20(25(3)4)17(12-18)13-26(21(27)16-7-8-16)14-19-6-5-11-29-19/h9-10,12,15-16,19H,5-8,11,13-14H2,1-4H3,(H2,23,24,28)/t19-/m1/s1. The lowest BCUT2D eigenvalue weighted by Crippen LogP contribution is -2.38. The molecule has 1 saturated heterocycles. The molecule has 160 valence electrons. The van der Waals surface area contributed by atoms with E-state index in [9.17, 15) is 9.59 Å². The van der Waals surface area contributed by atoms with Crippen molar-refractivity contribution in [2.45, 2.75) is 58.2 Å². The molecule has 1 heterocycles. The lowest BCUT2D eigenvalue weighted by Gasteiger charge is -2.28. The first-order chi connectivity index (χ1) is 13.8. The molecule has 1 aliphatic carbocycles. The lowest BCUT2D eigenvalue weighted by molar-refractivity contribution is -0.134. The molecular weight excluding hydrogens is 368 g/mol. The van der Waals surface area contributed by atoms with Crippen LogP contribution in [0.15, 0.2) is 18.2 Å². The Morgan fingerprint density at radius 2 is 1.97 bits per heavy atom. The number of rotatable bonds is 8. The van der Waals surface area contributed by atoms with E-state index in [1.54, 1.807) is 0 Å². The number of nitrogens with one attached hydrogen (secondary N) is 2. The minimum absolute atomic E-state index is 0.0635. The molecule has 7 nitrogen and oxygen atoms in total. The second-order valence-electron chi connectivity index (χ2n) is 8.62. The molecule has 1 saturated carbocycles. The third kappa shape index (κ3) is 6.10. The maximum absolute atomic E-state index is 12.9. The number of hydrogen-bond donors (Lipinski definition) is 2. The normalized spacial score (nSPS) is 18.6. The summed E-state index contributed by atoms with van der Waals surface area (Å²) in [7, 11) is 3.98. The molecule has 0 unspecified atom stereocenters. The predicted octanol–water partition coefficient (Wildman–Crippen LogP) is 3.20. The van der Waals surface area contributed by atoms with Gasteiger partial charge < -0.3 is 25.2 Å². The summed E-state index contributed by atoms with van der Waals surface area (Å²) in [5, 5.41) is 5.73. The maximum Gasteiger partial charge on any atom is 0.319 e. The number of nitrogens with zero attached hydrogens (tertiary/aromatic N) is 2. The fourth-order valence-electron chi connectivity index (χ4n) is 3.72. The van der Waals surface area contributed by atoms with Crippen LogP contribution in [0, 0.1) is 5.92 Å². The second kappa shape index (κ2) is 9.48. The Morgan fingerprint density at radius 3 is 2.55 bits per heavy atom. The summed E-state index contributed by atoms with van der Waals surface area (Å²) in [4.78, 5) is 29.0. The average molecular weight is 403 g/mol. The molecule has 0 bridgehead atoms. The van der Waals surface area contributed by atoms with Gasteiger partial charge >= 0.3 is 6.03 Å². The molecular formula is C22H34N4O3. The molecule has 0 spiro atoms. The quantitative estimate of drug-likeness (QED) is 0.700. The molecule has 3 amide bonds. The first-order valence-corrected chi connectivity index (χ1v) is 10.6. The van der Waals surface area contributed by atoms with Crippen molar-refractivity contribution in [3.05, 3.63) is 23.8 Å². The number of urea groups is 1. The van der Waals surface area contributed by atoms with E-state index in [4.69, 9.17) is 4.74 Å². The molecule has 7 heteroatoms. The molecule has 1 aliphatic heterocycles. The summed E-state index contributed by atoms with van der Waals surface area (Å²) < 4.78 is 5.79. The Bertz CT molecular complexity index is 725. The molecule has 29 heavy (non-hydrogen) atoms. The Labute approximate surface area is 173 Å². The van der Waals surface area contributed by atoms with Gasteiger partial charge in [0.2, 0.25) is 5.91 Å². The fraction of sp³-hybridized carbons (Fsp3) is 0.636. The molecule has 2 N–H and O–H groups in total. The van der Waals surface area contributed by atoms with Gasteiger partial charge in [-0.1, -0.05) is 0 Å². The van der Waals surface area contributed by atoms with Crippen molar-refractivity contribution in [1.82, 2.24) is 10.2 Å². The minimum atomic E-state index is -0.228. The molecule has 0 aromatic heterocycles. The predicted molar refractivity (Wildman–Crippen MR) is 115 cm³/mol. The summed E-state index contributed by atoms with van der Waals surface area (Å²) in [6.45, 7) is 5.78. The van der Waals surface area contributed by atoms with Gasteiger partial charge in [-0.3, -0.25) is 4.79 Å². The highest BCUT2D eigenvalue weighted by Gasteiger charge is 2.35. The third-order valence-corrected chi connectivity index (χ3v) is 5.29. The molecule has 2 fully saturated rings. The summed E-state index contributed by atoms with van der Waals surface area (Å²) >= 11 is 0. The Kier molecular flexibility index (Phi) is 7.00. The zero-order chi connectivity index (χ0) is 21.0. The van der Waals surface area contributed by atoms with Crippen LogP contribution in [-0.4, -0.2) is 56.2 Å². The molecule has 1 aromatic rings. The van der Waals surface area contributed by atoms with Crippen LogP contribution in [0.2, 0.25) is 0 Å². The van der Waals surface area contributed by atoms with Gasteiger partial charge in [0.05, 0.1) is 6.10 Å². The maximum atomic E-state index is 12.9. The number of amides is 3. The highest BCUT2D eigenvalue weighted by atomic mass is 16.5. The largest absolute Gasteiger partial charge is 0.377 e. The monoisotopic (exact) mass is 402 g/mol. The SMILES string of the molecule is CC(C)NC(=O)Nc1ccc(N(C)C)c(CN(C[C@H]2CCCO2)C(=O)C2CC2)c1. The topological polar surface area (TPSA) is 73.9 Å². The summed E-state index contributed by atoms with van der Waals surface area (Å²) in [5.41, 5.74) is 2.78. The summed E-state index contributed by atoms with van der Waals surface area (Å²) in [5.74, 6) is 0.387. The smallest absolute Gasteiger partial charge is 0.319 e. The van der Waals surface area contributed by atoms with Crippen LogP contribution in [0.4, 0.5) is 16.2 Å². The minimum Gasteiger partial charge on any atom is -0.377 e. The third-order valence-electron chi connectivity index (χ3n) is 5.29. The molecule has 0 radical (unpaired) electrons. The van der Waals surface area contributed by atoms with Gasteiger partial charge in [0.15, 0.2) is 0 Å². The van der Waals surface area contributed by atoms with Crippen molar-refractivity contribution < 1.29 is 14.3 Å². The van der Waals surface area contributed by atoms with Gasteiger partial charge in [-0.05, 0) is 63.3 Å². The van der Waals surface area contributed by atoms with E-state index < -0.39 is 0 Å². The van der Waals surface area contributed by atoms with Gasteiger partial charge in [0.1, 0.15) is 0 Å². The van der Waals surface area contributed by atoms with Crippen molar-refractivity contribution in [2.75, 3.05) is 37.5 Å². The van der Waals surface area contributed by atoms with Crippen LogP contribution >= 0.6 is 0 Å². The van der Waals surface area contributed by atoms with Crippen molar-refractivity contribution in [2.24, 2.45) is 5.92 Å².